The quantitative estimate of drug-likeness (QED) is 0.165. The molecular formula is C70H70O3S. The lowest BCUT2D eigenvalue weighted by atomic mass is 9.81. The predicted octanol–water partition coefficient (Wildman–Crippen LogP) is 21.4. The van der Waals surface area contributed by atoms with Gasteiger partial charge in [-0.25, -0.2) is 0 Å². The molecule has 4 aromatic heterocycles. The first-order chi connectivity index (χ1) is 36.0. The number of thiophene rings is 1. The van der Waals surface area contributed by atoms with Crippen molar-refractivity contribution < 1.29 is 13.3 Å². The largest absolute Gasteiger partial charge is 0.460 e. The second-order valence-electron chi connectivity index (χ2n) is 20.0. The van der Waals surface area contributed by atoms with Crippen molar-refractivity contribution in [2.24, 2.45) is 5.92 Å². The highest BCUT2D eigenvalue weighted by Crippen LogP contribution is 2.37. The smallest absolute Gasteiger partial charge is 0.138 e. The fraction of sp³-hybridized carbons (Fsp3) is 0.229. The zero-order chi connectivity index (χ0) is 51.9. The molecule has 2 atom stereocenters. The van der Waals surface area contributed by atoms with E-state index in [0.29, 0.717) is 11.8 Å². The summed E-state index contributed by atoms with van der Waals surface area (Å²) in [6, 6.07) is 53.0. The summed E-state index contributed by atoms with van der Waals surface area (Å²) in [5.74, 6) is 3.46. The van der Waals surface area contributed by atoms with Gasteiger partial charge in [-0.1, -0.05) is 189 Å². The average Bonchev–Trinajstić information content (AvgIpc) is 4.20. The number of hydrogen-bond donors (Lipinski definition) is 0. The molecule has 0 N–H and O–H groups in total. The molecule has 3 nitrogen and oxygen atoms in total. The minimum Gasteiger partial charge on any atom is -0.460 e. The van der Waals surface area contributed by atoms with E-state index in [2.05, 4.69) is 201 Å². The highest BCUT2D eigenvalue weighted by molar-refractivity contribution is 7.25. The van der Waals surface area contributed by atoms with E-state index in [9.17, 15) is 0 Å². The van der Waals surface area contributed by atoms with Gasteiger partial charge in [-0.2, -0.15) is 0 Å². The molecule has 374 valence electrons. The van der Waals surface area contributed by atoms with Crippen LogP contribution in [0.25, 0.3) is 76.2 Å². The van der Waals surface area contributed by atoms with Crippen molar-refractivity contribution >= 4 is 87.5 Å². The van der Waals surface area contributed by atoms with Crippen molar-refractivity contribution in [3.63, 3.8) is 0 Å². The third-order valence-corrected chi connectivity index (χ3v) is 15.5. The Labute approximate surface area is 442 Å². The molecule has 0 saturated heterocycles. The molecule has 14 rings (SSSR count). The van der Waals surface area contributed by atoms with Gasteiger partial charge >= 0.3 is 0 Å². The van der Waals surface area contributed by atoms with E-state index in [0.717, 1.165) is 59.5 Å². The Kier molecular flexibility index (Phi) is 16.2. The summed E-state index contributed by atoms with van der Waals surface area (Å²) in [4.78, 5) is 0. The third kappa shape index (κ3) is 11.2. The van der Waals surface area contributed by atoms with Crippen LogP contribution in [0.2, 0.25) is 0 Å². The zero-order valence-corrected chi connectivity index (χ0v) is 45.8. The molecule has 0 radical (unpaired) electrons. The van der Waals surface area contributed by atoms with E-state index in [1.165, 1.54) is 97.4 Å². The molecule has 0 spiro atoms. The molecule has 0 bridgehead atoms. The van der Waals surface area contributed by atoms with Gasteiger partial charge in [0, 0.05) is 71.6 Å². The highest BCUT2D eigenvalue weighted by atomic mass is 32.1. The van der Waals surface area contributed by atoms with Crippen molar-refractivity contribution in [2.75, 3.05) is 0 Å². The number of aryl methyl sites for hydroxylation is 6. The van der Waals surface area contributed by atoms with Gasteiger partial charge in [0.1, 0.15) is 33.9 Å². The Hall–Kier alpha value is -7.40. The molecule has 3 aliphatic carbocycles. The van der Waals surface area contributed by atoms with E-state index in [4.69, 9.17) is 13.3 Å². The first kappa shape index (κ1) is 51.5. The monoisotopic (exact) mass is 991 g/mol. The number of hydrogen-bond acceptors (Lipinski definition) is 4. The Morgan fingerprint density at radius 3 is 1.65 bits per heavy atom. The number of para-hydroxylation sites is 3. The van der Waals surface area contributed by atoms with E-state index < -0.39 is 0 Å². The van der Waals surface area contributed by atoms with Gasteiger partial charge < -0.3 is 13.3 Å². The van der Waals surface area contributed by atoms with Gasteiger partial charge in [0.15, 0.2) is 0 Å². The van der Waals surface area contributed by atoms with Gasteiger partial charge in [-0.15, -0.1) is 11.3 Å². The minimum atomic E-state index is 0.552. The number of rotatable bonds is 1. The molecule has 11 aromatic rings. The molecule has 0 fully saturated rings. The van der Waals surface area contributed by atoms with Crippen molar-refractivity contribution in [1.29, 1.82) is 0 Å². The number of allylic oxidation sites excluding steroid dienone is 6. The summed E-state index contributed by atoms with van der Waals surface area (Å²) < 4.78 is 20.2. The topological polar surface area (TPSA) is 39.4 Å². The molecule has 74 heavy (non-hydrogen) atoms. The Balaban J connectivity index is 0.000000113. The first-order valence-corrected chi connectivity index (χ1v) is 27.3. The predicted molar refractivity (Wildman–Crippen MR) is 321 cm³/mol. The summed E-state index contributed by atoms with van der Waals surface area (Å²) in [6.07, 6.45) is 15.8. The lowest BCUT2D eigenvalue weighted by molar-refractivity contribution is 0.543. The lowest BCUT2D eigenvalue weighted by Gasteiger charge is -2.24. The van der Waals surface area contributed by atoms with Gasteiger partial charge in [-0.3, -0.25) is 0 Å². The summed E-state index contributed by atoms with van der Waals surface area (Å²) in [5, 5.41) is 7.75. The Bertz CT molecular complexity index is 3770. The maximum atomic E-state index is 5.86. The van der Waals surface area contributed by atoms with Crippen molar-refractivity contribution in [3.05, 3.63) is 237 Å². The highest BCUT2D eigenvalue weighted by Gasteiger charge is 2.20. The molecular weight excluding hydrogens is 921 g/mol. The molecule has 4 heterocycles. The van der Waals surface area contributed by atoms with Crippen molar-refractivity contribution in [3.8, 4) is 0 Å². The molecule has 0 amide bonds. The van der Waals surface area contributed by atoms with Crippen LogP contribution in [0.4, 0.5) is 0 Å². The van der Waals surface area contributed by atoms with Gasteiger partial charge in [0.25, 0.3) is 0 Å². The SMILES string of the molecule is CC.CC1=CC(c2ccccc2C)C(C)C=C1.CC1=Cc2c(oc3ccccc23)CC1.CC1=Cc2c(oc3ccccc23)CC1.Cc1ccc2sc3ccccc3c2c1.Cc1cccc2c1oc1cccc(C)c12. The molecule has 7 aromatic carbocycles. The van der Waals surface area contributed by atoms with Crippen molar-refractivity contribution in [2.45, 2.75) is 101 Å². The van der Waals surface area contributed by atoms with E-state index in [1.54, 1.807) is 0 Å². The second-order valence-corrected chi connectivity index (χ2v) is 21.0. The fourth-order valence-corrected chi connectivity index (χ4v) is 11.5. The standard InChI is InChI=1S/C15H18.C14H12O.2C13H12O.C13H10S.C2H6/c1-11-8-9-13(3)15(10-11)14-7-5-4-6-12(14)2;1-9-5-4-8-12-13(9)11-7-3-6-10(2)14(11)15-12;3*1-9-6-7-13-11(8-9)10-4-2-3-5-12(10)14-13;1-2/h4-10,13,15H,1-3H3;3-8H,1-2H3;2*2-5,8H,6-7H2,1H3;2-8H,1H3;1-2H3. The van der Waals surface area contributed by atoms with Gasteiger partial charge in [0.2, 0.25) is 0 Å². The fourth-order valence-electron chi connectivity index (χ4n) is 10.4. The number of furan rings is 3. The maximum absolute atomic E-state index is 5.86. The summed E-state index contributed by atoms with van der Waals surface area (Å²) in [7, 11) is 0. The van der Waals surface area contributed by atoms with Crippen LogP contribution in [0, 0.1) is 33.6 Å². The van der Waals surface area contributed by atoms with Crippen LogP contribution < -0.4 is 0 Å². The van der Waals surface area contributed by atoms with Crippen LogP contribution in [-0.4, -0.2) is 0 Å². The molecule has 4 heteroatoms. The average molecular weight is 991 g/mol. The number of fused-ring (bicyclic) bond motifs is 12. The van der Waals surface area contributed by atoms with E-state index in [-0.39, 0.29) is 0 Å². The van der Waals surface area contributed by atoms with Gasteiger partial charge in [-0.05, 0) is 126 Å². The molecule has 0 aliphatic heterocycles. The van der Waals surface area contributed by atoms with Crippen LogP contribution >= 0.6 is 11.3 Å². The zero-order valence-electron chi connectivity index (χ0n) is 44.9. The summed E-state index contributed by atoms with van der Waals surface area (Å²) >= 11 is 1.87. The van der Waals surface area contributed by atoms with E-state index in [1.807, 2.05) is 61.6 Å². The maximum Gasteiger partial charge on any atom is 0.138 e. The minimum absolute atomic E-state index is 0.552. The second kappa shape index (κ2) is 23.2. The van der Waals surface area contributed by atoms with Crippen LogP contribution in [0.3, 0.4) is 0 Å². The normalized spacial score (nSPS) is 15.4. The van der Waals surface area contributed by atoms with Crippen LogP contribution in [0.15, 0.2) is 200 Å². The van der Waals surface area contributed by atoms with Crippen molar-refractivity contribution in [1.82, 2.24) is 0 Å². The third-order valence-electron chi connectivity index (χ3n) is 14.4. The summed E-state index contributed by atoms with van der Waals surface area (Å²) in [6.45, 7) is 21.4. The first-order valence-electron chi connectivity index (χ1n) is 26.5. The Morgan fingerprint density at radius 1 is 0.459 bits per heavy atom. The van der Waals surface area contributed by atoms with Crippen LogP contribution in [0.1, 0.15) is 111 Å². The van der Waals surface area contributed by atoms with Crippen LogP contribution in [0.5, 0.6) is 0 Å². The van der Waals surface area contributed by atoms with E-state index >= 15 is 0 Å². The summed E-state index contributed by atoms with van der Waals surface area (Å²) in [5.41, 5.74) is 17.6. The molecule has 2 unspecified atom stereocenters. The van der Waals surface area contributed by atoms with Gasteiger partial charge in [0.05, 0.1) is 0 Å². The number of benzene rings is 7. The Morgan fingerprint density at radius 2 is 0.986 bits per heavy atom. The lowest BCUT2D eigenvalue weighted by Crippen LogP contribution is -2.10. The molecule has 0 saturated carbocycles. The van der Waals surface area contributed by atoms with Crippen LogP contribution in [-0.2, 0) is 12.8 Å². The molecule has 3 aliphatic rings.